The highest BCUT2D eigenvalue weighted by atomic mass is 32.1. The Kier molecular flexibility index (Phi) is 5.00. The molecule has 0 aliphatic heterocycles. The third-order valence-corrected chi connectivity index (χ3v) is 6.63. The number of thiophene rings is 1. The lowest BCUT2D eigenvalue weighted by Gasteiger charge is -2.30. The summed E-state index contributed by atoms with van der Waals surface area (Å²) in [6, 6.07) is 10.2. The predicted molar refractivity (Wildman–Crippen MR) is 105 cm³/mol. The zero-order valence-electron chi connectivity index (χ0n) is 15.1. The van der Waals surface area contributed by atoms with Crippen LogP contribution in [-0.2, 0) is 10.2 Å². The van der Waals surface area contributed by atoms with Gasteiger partial charge in [0.15, 0.2) is 0 Å². The van der Waals surface area contributed by atoms with E-state index in [-0.39, 0.29) is 29.0 Å². The summed E-state index contributed by atoms with van der Waals surface area (Å²) in [6.45, 7) is 0.541. The Morgan fingerprint density at radius 2 is 1.78 bits per heavy atom. The summed E-state index contributed by atoms with van der Waals surface area (Å²) >= 11 is 1.30. The molecule has 27 heavy (non-hydrogen) atoms. The van der Waals surface area contributed by atoms with Gasteiger partial charge in [0, 0.05) is 17.9 Å². The first-order chi connectivity index (χ1) is 13.1. The number of rotatable bonds is 6. The second-order valence-corrected chi connectivity index (χ2v) is 8.69. The summed E-state index contributed by atoms with van der Waals surface area (Å²) in [4.78, 5) is 25.0. The number of hydrogen-bond donors (Lipinski definition) is 2. The quantitative estimate of drug-likeness (QED) is 0.769. The molecular formula is C21H23FN2O2S. The molecule has 4 nitrogen and oxygen atoms in total. The molecule has 2 aromatic rings. The first-order valence-electron chi connectivity index (χ1n) is 9.51. The molecule has 0 spiro atoms. The minimum Gasteiger partial charge on any atom is -0.350 e. The van der Waals surface area contributed by atoms with Gasteiger partial charge in [0.2, 0.25) is 5.91 Å². The van der Waals surface area contributed by atoms with Crippen LogP contribution in [0.4, 0.5) is 9.39 Å². The fraction of sp³-hybridized carbons (Fsp3) is 0.429. The maximum absolute atomic E-state index is 13.3. The van der Waals surface area contributed by atoms with E-state index in [1.54, 1.807) is 12.1 Å². The van der Waals surface area contributed by atoms with Crippen LogP contribution in [0.5, 0.6) is 0 Å². The number of benzene rings is 1. The number of anilines is 1. The number of halogens is 1. The van der Waals surface area contributed by atoms with Crippen LogP contribution in [0.1, 0.15) is 53.8 Å². The van der Waals surface area contributed by atoms with E-state index < -0.39 is 0 Å². The van der Waals surface area contributed by atoms with Crippen LogP contribution in [0.15, 0.2) is 36.4 Å². The highest BCUT2D eigenvalue weighted by Gasteiger charge is 2.36. The van der Waals surface area contributed by atoms with E-state index in [9.17, 15) is 14.0 Å². The summed E-state index contributed by atoms with van der Waals surface area (Å²) in [5.74, 6) is -0.178. The number of nitrogens with one attached hydrogen (secondary N) is 2. The zero-order valence-corrected chi connectivity index (χ0v) is 15.9. The number of carbonyl (C=O) groups excluding carboxylic acids is 2. The lowest BCUT2D eigenvalue weighted by Crippen LogP contribution is -2.38. The third kappa shape index (κ3) is 4.05. The van der Waals surface area contributed by atoms with Crippen molar-refractivity contribution in [3.63, 3.8) is 0 Å². The largest absolute Gasteiger partial charge is 0.350 e. The molecule has 2 fully saturated rings. The summed E-state index contributed by atoms with van der Waals surface area (Å²) in [6.07, 6.45) is 6.12. The second-order valence-electron chi connectivity index (χ2n) is 7.60. The van der Waals surface area contributed by atoms with Gasteiger partial charge in [-0.15, -0.1) is 11.3 Å². The van der Waals surface area contributed by atoms with Gasteiger partial charge in [0.05, 0.1) is 9.88 Å². The van der Waals surface area contributed by atoms with Crippen LogP contribution in [0.2, 0.25) is 0 Å². The topological polar surface area (TPSA) is 58.2 Å². The molecule has 2 aliphatic rings. The maximum Gasteiger partial charge on any atom is 0.261 e. The molecule has 142 valence electrons. The van der Waals surface area contributed by atoms with E-state index in [0.717, 1.165) is 44.1 Å². The molecular weight excluding hydrogens is 363 g/mol. The summed E-state index contributed by atoms with van der Waals surface area (Å²) < 4.78 is 13.3. The smallest absolute Gasteiger partial charge is 0.261 e. The van der Waals surface area contributed by atoms with E-state index >= 15 is 0 Å². The normalized spacial score (nSPS) is 18.3. The van der Waals surface area contributed by atoms with E-state index in [0.29, 0.717) is 16.4 Å². The van der Waals surface area contributed by atoms with Crippen molar-refractivity contribution >= 4 is 28.2 Å². The molecule has 0 radical (unpaired) electrons. The molecule has 2 saturated carbocycles. The Morgan fingerprint density at radius 1 is 1.07 bits per heavy atom. The van der Waals surface area contributed by atoms with Crippen LogP contribution in [0.25, 0.3) is 0 Å². The van der Waals surface area contributed by atoms with Crippen molar-refractivity contribution in [3.05, 3.63) is 52.7 Å². The molecule has 0 bridgehead atoms. The second kappa shape index (κ2) is 7.43. The average Bonchev–Trinajstić information content (AvgIpc) is 3.23. The number of amides is 2. The minimum absolute atomic E-state index is 0.0463. The van der Waals surface area contributed by atoms with Crippen molar-refractivity contribution in [1.82, 2.24) is 5.32 Å². The molecule has 0 atom stereocenters. The molecule has 2 amide bonds. The summed E-state index contributed by atoms with van der Waals surface area (Å²) in [5.41, 5.74) is 0.967. The van der Waals surface area contributed by atoms with Gasteiger partial charge < -0.3 is 10.6 Å². The van der Waals surface area contributed by atoms with Crippen molar-refractivity contribution in [2.45, 2.75) is 43.9 Å². The van der Waals surface area contributed by atoms with Crippen molar-refractivity contribution in [2.75, 3.05) is 11.9 Å². The van der Waals surface area contributed by atoms with E-state index in [1.807, 2.05) is 12.1 Å². The van der Waals surface area contributed by atoms with E-state index in [2.05, 4.69) is 10.6 Å². The molecule has 1 aromatic heterocycles. The molecule has 1 heterocycles. The van der Waals surface area contributed by atoms with Crippen LogP contribution in [0.3, 0.4) is 0 Å². The summed E-state index contributed by atoms with van der Waals surface area (Å²) in [5, 5.41) is 6.65. The predicted octanol–water partition coefficient (Wildman–Crippen LogP) is 4.48. The fourth-order valence-corrected chi connectivity index (χ4v) is 4.68. The monoisotopic (exact) mass is 386 g/mol. The lowest BCUT2D eigenvalue weighted by molar-refractivity contribution is -0.117. The lowest BCUT2D eigenvalue weighted by atomic mass is 9.79. The fourth-order valence-electron chi connectivity index (χ4n) is 3.86. The SMILES string of the molecule is O=C(NCC1(c2ccc(F)cc2)CCCC1)c1ccc(NC(=O)C2CC2)s1. The molecule has 6 heteroatoms. The third-order valence-electron chi connectivity index (χ3n) is 5.63. The van der Waals surface area contributed by atoms with Gasteiger partial charge in [-0.25, -0.2) is 4.39 Å². The standard InChI is InChI=1S/C21H23FN2O2S/c22-16-7-5-15(6-8-16)21(11-1-2-12-21)13-23-20(26)17-9-10-18(27-17)24-19(25)14-3-4-14/h5-10,14H,1-4,11-13H2,(H,23,26)(H,24,25). The Balaban J connectivity index is 1.40. The van der Waals surface area contributed by atoms with Crippen LogP contribution in [-0.4, -0.2) is 18.4 Å². The van der Waals surface area contributed by atoms with Gasteiger partial charge in [-0.3, -0.25) is 9.59 Å². The first-order valence-corrected chi connectivity index (χ1v) is 10.3. The highest BCUT2D eigenvalue weighted by Crippen LogP contribution is 2.40. The first kappa shape index (κ1) is 18.2. The van der Waals surface area contributed by atoms with Gasteiger partial charge in [-0.2, -0.15) is 0 Å². The molecule has 0 unspecified atom stereocenters. The Morgan fingerprint density at radius 3 is 2.44 bits per heavy atom. The van der Waals surface area contributed by atoms with Crippen molar-refractivity contribution < 1.29 is 14.0 Å². The Hall–Kier alpha value is -2.21. The Labute approximate surface area is 162 Å². The van der Waals surface area contributed by atoms with E-state index in [1.165, 1.54) is 23.5 Å². The zero-order chi connectivity index (χ0) is 18.9. The molecule has 2 aliphatic carbocycles. The van der Waals surface area contributed by atoms with Gasteiger partial charge in [0.1, 0.15) is 5.82 Å². The van der Waals surface area contributed by atoms with Crippen molar-refractivity contribution in [3.8, 4) is 0 Å². The number of hydrogen-bond acceptors (Lipinski definition) is 3. The molecule has 2 N–H and O–H groups in total. The van der Waals surface area contributed by atoms with Gasteiger partial charge in [-0.05, 0) is 55.5 Å². The Bertz CT molecular complexity index is 836. The van der Waals surface area contributed by atoms with Crippen molar-refractivity contribution in [2.24, 2.45) is 5.92 Å². The van der Waals surface area contributed by atoms with Crippen LogP contribution in [0, 0.1) is 11.7 Å². The molecule has 1 aromatic carbocycles. The van der Waals surface area contributed by atoms with Gasteiger partial charge in [0.25, 0.3) is 5.91 Å². The van der Waals surface area contributed by atoms with Gasteiger partial charge in [-0.1, -0.05) is 25.0 Å². The van der Waals surface area contributed by atoms with Gasteiger partial charge >= 0.3 is 0 Å². The minimum atomic E-state index is -0.240. The van der Waals surface area contributed by atoms with E-state index in [4.69, 9.17) is 0 Å². The summed E-state index contributed by atoms with van der Waals surface area (Å²) in [7, 11) is 0. The molecule has 0 saturated heterocycles. The average molecular weight is 386 g/mol. The van der Waals surface area contributed by atoms with Crippen LogP contribution < -0.4 is 10.6 Å². The van der Waals surface area contributed by atoms with Crippen molar-refractivity contribution in [1.29, 1.82) is 0 Å². The number of carbonyl (C=O) groups is 2. The van der Waals surface area contributed by atoms with Crippen LogP contribution >= 0.6 is 11.3 Å². The maximum atomic E-state index is 13.3. The highest BCUT2D eigenvalue weighted by molar-refractivity contribution is 7.18. The molecule has 4 rings (SSSR count).